The van der Waals surface area contributed by atoms with Crippen LogP contribution in [0.25, 0.3) is 6.08 Å². The maximum absolute atomic E-state index is 6.58. The Kier molecular flexibility index (Phi) is 6.09. The van der Waals surface area contributed by atoms with Crippen LogP contribution in [0, 0.1) is 11.8 Å². The summed E-state index contributed by atoms with van der Waals surface area (Å²) in [4.78, 5) is 0. The van der Waals surface area contributed by atoms with Crippen LogP contribution in [0.2, 0.25) is 0 Å². The van der Waals surface area contributed by atoms with Crippen molar-refractivity contribution in [3.8, 4) is 0 Å². The maximum atomic E-state index is 6.58. The van der Waals surface area contributed by atoms with Gasteiger partial charge in [-0.3, -0.25) is 0 Å². The Bertz CT molecular complexity index is 734. The van der Waals surface area contributed by atoms with Crippen LogP contribution in [0.5, 0.6) is 0 Å². The van der Waals surface area contributed by atoms with Crippen molar-refractivity contribution in [2.75, 3.05) is 0 Å². The van der Waals surface area contributed by atoms with E-state index < -0.39 is 0 Å². The first-order chi connectivity index (χ1) is 13.9. The fourth-order valence-corrected chi connectivity index (χ4v) is 5.06. The molecule has 156 valence electrons. The second kappa shape index (κ2) is 8.43. The minimum absolute atomic E-state index is 0.267. The summed E-state index contributed by atoms with van der Waals surface area (Å²) in [6, 6.07) is 10.8. The van der Waals surface area contributed by atoms with Crippen molar-refractivity contribution >= 4 is 13.2 Å². The molecule has 3 fully saturated rings. The van der Waals surface area contributed by atoms with Gasteiger partial charge in [0.05, 0.1) is 11.2 Å². The topological polar surface area (TPSA) is 18.5 Å². The molecule has 3 aliphatic rings. The van der Waals surface area contributed by atoms with Crippen molar-refractivity contribution < 1.29 is 9.31 Å². The van der Waals surface area contributed by atoms with E-state index in [1.165, 1.54) is 68.0 Å². The van der Waals surface area contributed by atoms with E-state index in [0.29, 0.717) is 11.8 Å². The first kappa shape index (κ1) is 20.9. The lowest BCUT2D eigenvalue weighted by Gasteiger charge is -2.32. The molecule has 2 saturated carbocycles. The molecule has 1 aromatic carbocycles. The van der Waals surface area contributed by atoms with Gasteiger partial charge in [0, 0.05) is 0 Å². The number of benzene rings is 1. The Hall–Kier alpha value is -1.32. The van der Waals surface area contributed by atoms with Gasteiger partial charge in [-0.05, 0) is 81.8 Å². The summed E-state index contributed by atoms with van der Waals surface area (Å²) in [6.07, 6.45) is 15.5. The van der Waals surface area contributed by atoms with Crippen LogP contribution >= 0.6 is 0 Å². The van der Waals surface area contributed by atoms with Gasteiger partial charge in [0.25, 0.3) is 0 Å². The number of hydrogen-bond donors (Lipinski definition) is 0. The molecule has 0 amide bonds. The zero-order valence-corrected chi connectivity index (χ0v) is 18.7. The normalized spacial score (nSPS) is 25.9. The first-order valence-corrected chi connectivity index (χ1v) is 11.7. The molecule has 1 heterocycles. The van der Waals surface area contributed by atoms with E-state index in [-0.39, 0.29) is 18.3 Å². The molecule has 0 spiro atoms. The van der Waals surface area contributed by atoms with Crippen molar-refractivity contribution in [1.82, 2.24) is 0 Å². The summed E-state index contributed by atoms with van der Waals surface area (Å²) in [6.45, 7) is 8.65. The molecule has 4 rings (SSSR count). The van der Waals surface area contributed by atoms with Crippen molar-refractivity contribution in [2.45, 2.75) is 90.3 Å². The van der Waals surface area contributed by atoms with Gasteiger partial charge in [-0.2, -0.15) is 0 Å². The lowest BCUT2D eigenvalue weighted by molar-refractivity contribution is 0.00578. The van der Waals surface area contributed by atoms with E-state index in [9.17, 15) is 0 Å². The molecule has 0 bridgehead atoms. The molecule has 3 heteroatoms. The van der Waals surface area contributed by atoms with Crippen LogP contribution in [0.4, 0.5) is 0 Å². The molecule has 1 aliphatic heterocycles. The average Bonchev–Trinajstić information content (AvgIpc) is 3.41. The summed E-state index contributed by atoms with van der Waals surface area (Å²) >= 11 is 0. The number of rotatable bonds is 5. The lowest BCUT2D eigenvalue weighted by atomic mass is 9.68. The maximum Gasteiger partial charge on any atom is 0.494 e. The van der Waals surface area contributed by atoms with Crippen molar-refractivity contribution in [3.63, 3.8) is 0 Å². The highest BCUT2D eigenvalue weighted by molar-refractivity contribution is 6.56. The minimum Gasteiger partial charge on any atom is -0.399 e. The summed E-state index contributed by atoms with van der Waals surface area (Å²) in [5, 5.41) is 0. The smallest absolute Gasteiger partial charge is 0.399 e. The van der Waals surface area contributed by atoms with Crippen LogP contribution in [-0.4, -0.2) is 18.3 Å². The second-order valence-corrected chi connectivity index (χ2v) is 10.2. The van der Waals surface area contributed by atoms with Gasteiger partial charge < -0.3 is 9.31 Å². The minimum atomic E-state index is -0.306. The van der Waals surface area contributed by atoms with Gasteiger partial charge in [-0.15, -0.1) is 0 Å². The van der Waals surface area contributed by atoms with E-state index in [2.05, 4.69) is 70.2 Å². The summed E-state index contributed by atoms with van der Waals surface area (Å²) in [5.41, 5.74) is 3.44. The Morgan fingerprint density at radius 1 is 0.862 bits per heavy atom. The Balaban J connectivity index is 1.76. The second-order valence-electron chi connectivity index (χ2n) is 10.2. The molecule has 1 aromatic rings. The SMILES string of the molecule is CC1(C)OB(C(=C/C2CCCC2)/C(=C/c2ccccc2)C2CCCC2)OC1(C)C. The van der Waals surface area contributed by atoms with Crippen LogP contribution < -0.4 is 0 Å². The molecule has 2 aliphatic carbocycles. The predicted molar refractivity (Wildman–Crippen MR) is 123 cm³/mol. The predicted octanol–water partition coefficient (Wildman–Crippen LogP) is 7.01. The Morgan fingerprint density at radius 3 is 2.00 bits per heavy atom. The molecule has 29 heavy (non-hydrogen) atoms. The van der Waals surface area contributed by atoms with Gasteiger partial charge in [-0.1, -0.05) is 68.2 Å². The van der Waals surface area contributed by atoms with Crippen molar-refractivity contribution in [3.05, 3.63) is 53.0 Å². The van der Waals surface area contributed by atoms with Crippen molar-refractivity contribution in [2.24, 2.45) is 11.8 Å². The zero-order chi connectivity index (χ0) is 20.5. The Labute approximate surface area is 177 Å². The molecule has 0 N–H and O–H groups in total. The standard InChI is InChI=1S/C26H37BO2/c1-25(2)26(3,4)29-27(28-25)24(19-21-14-8-9-15-21)23(22-16-10-11-17-22)18-20-12-6-5-7-13-20/h5-7,12-13,18-19,21-22H,8-11,14-17H2,1-4H3/b23-18+,24-19+. The third-order valence-electron chi connectivity index (χ3n) is 7.57. The molecule has 0 atom stereocenters. The van der Waals surface area contributed by atoms with E-state index in [1.54, 1.807) is 0 Å². The highest BCUT2D eigenvalue weighted by Gasteiger charge is 2.53. The summed E-state index contributed by atoms with van der Waals surface area (Å²) in [7, 11) is -0.267. The molecule has 2 nitrogen and oxygen atoms in total. The monoisotopic (exact) mass is 392 g/mol. The van der Waals surface area contributed by atoms with Crippen LogP contribution in [0.15, 0.2) is 47.5 Å². The van der Waals surface area contributed by atoms with Gasteiger partial charge in [0.15, 0.2) is 0 Å². The number of allylic oxidation sites excluding steroid dienone is 3. The molecule has 0 radical (unpaired) electrons. The number of hydrogen-bond acceptors (Lipinski definition) is 2. The largest absolute Gasteiger partial charge is 0.494 e. The molecular formula is C26H37BO2. The van der Waals surface area contributed by atoms with E-state index in [1.807, 2.05) is 0 Å². The van der Waals surface area contributed by atoms with Gasteiger partial charge >= 0.3 is 7.12 Å². The lowest BCUT2D eigenvalue weighted by Crippen LogP contribution is -2.41. The summed E-state index contributed by atoms with van der Waals surface area (Å²) < 4.78 is 13.2. The highest BCUT2D eigenvalue weighted by Crippen LogP contribution is 2.44. The molecular weight excluding hydrogens is 355 g/mol. The van der Waals surface area contributed by atoms with Gasteiger partial charge in [-0.25, -0.2) is 0 Å². The molecule has 0 unspecified atom stereocenters. The first-order valence-electron chi connectivity index (χ1n) is 11.7. The van der Waals surface area contributed by atoms with E-state index >= 15 is 0 Å². The van der Waals surface area contributed by atoms with Crippen LogP contribution in [0.1, 0.15) is 84.6 Å². The fourth-order valence-electron chi connectivity index (χ4n) is 5.06. The van der Waals surface area contributed by atoms with Crippen LogP contribution in [0.3, 0.4) is 0 Å². The molecule has 1 saturated heterocycles. The van der Waals surface area contributed by atoms with Crippen molar-refractivity contribution in [1.29, 1.82) is 0 Å². The van der Waals surface area contributed by atoms with Gasteiger partial charge in [0.1, 0.15) is 0 Å². The van der Waals surface area contributed by atoms with E-state index in [0.717, 1.165) is 0 Å². The third-order valence-corrected chi connectivity index (χ3v) is 7.57. The third kappa shape index (κ3) is 4.56. The van der Waals surface area contributed by atoms with E-state index in [4.69, 9.17) is 9.31 Å². The fraction of sp³-hybridized carbons (Fsp3) is 0.615. The quantitative estimate of drug-likeness (QED) is 0.396. The highest BCUT2D eigenvalue weighted by atomic mass is 16.7. The Morgan fingerprint density at radius 2 is 1.41 bits per heavy atom. The zero-order valence-electron chi connectivity index (χ0n) is 18.7. The summed E-state index contributed by atoms with van der Waals surface area (Å²) in [5.74, 6) is 1.27. The molecule has 0 aromatic heterocycles. The van der Waals surface area contributed by atoms with Crippen LogP contribution in [-0.2, 0) is 9.31 Å². The van der Waals surface area contributed by atoms with Gasteiger partial charge in [0.2, 0.25) is 0 Å². The average molecular weight is 392 g/mol.